The molecule has 0 fully saturated rings. The Balaban J connectivity index is 1.81. The third kappa shape index (κ3) is 5.31. The van der Waals surface area contributed by atoms with E-state index in [9.17, 15) is 14.9 Å². The summed E-state index contributed by atoms with van der Waals surface area (Å²) >= 11 is 7.30. The number of hydrogen-bond donors (Lipinski definition) is 1. The minimum atomic E-state index is -0.562. The van der Waals surface area contributed by atoms with Gasteiger partial charge in [-0.2, -0.15) is 0 Å². The zero-order valence-electron chi connectivity index (χ0n) is 16.9. The quantitative estimate of drug-likeness (QED) is 0.218. The molecular weight excluding hydrogens is 438 g/mol. The lowest BCUT2D eigenvalue weighted by Crippen LogP contribution is -2.23. The van der Waals surface area contributed by atoms with Crippen LogP contribution in [0.15, 0.2) is 60.3 Å². The number of carbonyl (C=O) groups is 1. The Hall–Kier alpha value is -3.17. The van der Waals surface area contributed by atoms with Gasteiger partial charge in [-0.1, -0.05) is 53.2 Å². The molecule has 0 saturated carbocycles. The Labute approximate surface area is 188 Å². The van der Waals surface area contributed by atoms with Crippen molar-refractivity contribution in [2.45, 2.75) is 30.8 Å². The summed E-state index contributed by atoms with van der Waals surface area (Å²) in [6.45, 7) is 7.98. The second kappa shape index (κ2) is 9.76. The van der Waals surface area contributed by atoms with Gasteiger partial charge in [-0.3, -0.25) is 19.5 Å². The number of benzene rings is 2. The van der Waals surface area contributed by atoms with Crippen LogP contribution in [-0.2, 0) is 11.3 Å². The lowest BCUT2D eigenvalue weighted by Gasteiger charge is -2.13. The largest absolute Gasteiger partial charge is 0.324 e. The van der Waals surface area contributed by atoms with Crippen molar-refractivity contribution in [3.63, 3.8) is 0 Å². The molecular formula is C21H20ClN5O3S. The van der Waals surface area contributed by atoms with Crippen molar-refractivity contribution in [3.05, 3.63) is 75.8 Å². The van der Waals surface area contributed by atoms with Crippen LogP contribution in [0.3, 0.4) is 0 Å². The molecule has 0 bridgehead atoms. The average Bonchev–Trinajstić information content (AvgIpc) is 3.12. The number of allylic oxidation sites excluding steroid dienone is 1. The summed E-state index contributed by atoms with van der Waals surface area (Å²) in [6, 6.07) is 11.8. The van der Waals surface area contributed by atoms with Gasteiger partial charge in [-0.25, -0.2) is 0 Å². The molecule has 3 rings (SSSR count). The van der Waals surface area contributed by atoms with Gasteiger partial charge in [0.05, 0.1) is 20.9 Å². The van der Waals surface area contributed by atoms with Crippen LogP contribution >= 0.6 is 23.4 Å². The molecule has 1 heterocycles. The molecule has 1 amide bonds. The number of nitrogens with one attached hydrogen (secondary N) is 1. The second-order valence-electron chi connectivity index (χ2n) is 6.75. The van der Waals surface area contributed by atoms with Crippen molar-refractivity contribution < 1.29 is 9.72 Å². The number of amides is 1. The molecule has 10 heteroatoms. The third-order valence-corrected chi connectivity index (χ3v) is 5.78. The number of aromatic nitrogens is 3. The fourth-order valence-corrected chi connectivity index (χ4v) is 3.86. The van der Waals surface area contributed by atoms with Crippen molar-refractivity contribution in [2.75, 3.05) is 5.32 Å². The van der Waals surface area contributed by atoms with Gasteiger partial charge >= 0.3 is 0 Å². The Morgan fingerprint density at radius 3 is 2.81 bits per heavy atom. The highest BCUT2D eigenvalue weighted by molar-refractivity contribution is 8.00. The second-order valence-corrected chi connectivity index (χ2v) is 8.46. The van der Waals surface area contributed by atoms with Gasteiger partial charge in [0.2, 0.25) is 5.91 Å². The lowest BCUT2D eigenvalue weighted by molar-refractivity contribution is -0.384. The van der Waals surface area contributed by atoms with E-state index in [4.69, 9.17) is 11.6 Å². The van der Waals surface area contributed by atoms with Crippen LogP contribution in [0.1, 0.15) is 12.5 Å². The van der Waals surface area contributed by atoms with Gasteiger partial charge in [-0.05, 0) is 26.0 Å². The molecule has 1 N–H and O–H groups in total. The minimum Gasteiger partial charge on any atom is -0.324 e. The van der Waals surface area contributed by atoms with Gasteiger partial charge in [0.25, 0.3) is 5.69 Å². The summed E-state index contributed by atoms with van der Waals surface area (Å²) in [5.41, 5.74) is 2.04. The molecule has 0 aliphatic heterocycles. The number of carbonyl (C=O) groups excluding carboxylic acids is 1. The number of rotatable bonds is 8. The zero-order chi connectivity index (χ0) is 22.5. The number of halogens is 1. The highest BCUT2D eigenvalue weighted by Crippen LogP contribution is 2.30. The summed E-state index contributed by atoms with van der Waals surface area (Å²) in [5, 5.41) is 22.4. The first-order valence-corrected chi connectivity index (χ1v) is 10.6. The highest BCUT2D eigenvalue weighted by Gasteiger charge is 2.22. The predicted octanol–water partition coefficient (Wildman–Crippen LogP) is 5.12. The maximum absolute atomic E-state index is 12.7. The van der Waals surface area contributed by atoms with Crippen LogP contribution < -0.4 is 5.32 Å². The Morgan fingerprint density at radius 2 is 2.13 bits per heavy atom. The van der Waals surface area contributed by atoms with E-state index in [1.807, 2.05) is 35.8 Å². The molecule has 0 saturated heterocycles. The van der Waals surface area contributed by atoms with Crippen LogP contribution in [-0.4, -0.2) is 30.8 Å². The first kappa shape index (κ1) is 22.5. The van der Waals surface area contributed by atoms with Crippen LogP contribution in [0.25, 0.3) is 11.4 Å². The van der Waals surface area contributed by atoms with Crippen molar-refractivity contribution in [2.24, 2.45) is 0 Å². The van der Waals surface area contributed by atoms with Crippen molar-refractivity contribution >= 4 is 40.6 Å². The summed E-state index contributed by atoms with van der Waals surface area (Å²) < 4.78 is 1.89. The predicted molar refractivity (Wildman–Crippen MR) is 122 cm³/mol. The van der Waals surface area contributed by atoms with Gasteiger partial charge in [-0.15, -0.1) is 16.8 Å². The number of anilines is 1. The molecule has 1 atom stereocenters. The molecule has 0 spiro atoms. The molecule has 31 heavy (non-hydrogen) atoms. The van der Waals surface area contributed by atoms with Crippen LogP contribution in [0.4, 0.5) is 11.4 Å². The summed E-state index contributed by atoms with van der Waals surface area (Å²) in [5.74, 6) is 0.318. The Morgan fingerprint density at radius 1 is 1.35 bits per heavy atom. The van der Waals surface area contributed by atoms with E-state index in [-0.39, 0.29) is 22.3 Å². The number of thioether (sulfide) groups is 1. The molecule has 0 aliphatic carbocycles. The first-order valence-electron chi connectivity index (χ1n) is 9.32. The van der Waals surface area contributed by atoms with E-state index in [2.05, 4.69) is 22.1 Å². The number of nitro benzene ring substituents is 1. The number of hydrogen-bond acceptors (Lipinski definition) is 6. The first-order chi connectivity index (χ1) is 14.8. The van der Waals surface area contributed by atoms with Crippen molar-refractivity contribution in [3.8, 4) is 11.4 Å². The molecule has 1 aromatic heterocycles. The molecule has 0 aliphatic rings. The van der Waals surface area contributed by atoms with Gasteiger partial charge in [0.1, 0.15) is 0 Å². The highest BCUT2D eigenvalue weighted by atomic mass is 35.5. The summed E-state index contributed by atoms with van der Waals surface area (Å²) in [4.78, 5) is 23.1. The van der Waals surface area contributed by atoms with E-state index in [1.54, 1.807) is 13.0 Å². The number of aryl methyl sites for hydroxylation is 1. The smallest absolute Gasteiger partial charge is 0.271 e. The standard InChI is InChI=1S/C21H20ClN5O3S/c1-4-10-26-19(15-7-5-6-13(2)11-15)24-25-21(26)31-14(3)20(28)23-18-12-16(27(29)30)8-9-17(18)22/h4-9,11-12,14H,1,10H2,2-3H3,(H,23,28). The van der Waals surface area contributed by atoms with Crippen LogP contribution in [0.5, 0.6) is 0 Å². The number of nitrogens with zero attached hydrogens (tertiary/aromatic N) is 4. The van der Waals surface area contributed by atoms with E-state index >= 15 is 0 Å². The van der Waals surface area contributed by atoms with Crippen molar-refractivity contribution in [1.82, 2.24) is 14.8 Å². The third-order valence-electron chi connectivity index (χ3n) is 4.37. The fraction of sp³-hybridized carbons (Fsp3) is 0.190. The van der Waals surface area contributed by atoms with Crippen LogP contribution in [0.2, 0.25) is 5.02 Å². The van der Waals surface area contributed by atoms with E-state index < -0.39 is 10.2 Å². The average molecular weight is 458 g/mol. The molecule has 1 unspecified atom stereocenters. The normalized spacial score (nSPS) is 11.7. The molecule has 160 valence electrons. The van der Waals surface area contributed by atoms with E-state index in [0.717, 1.165) is 11.1 Å². The maximum Gasteiger partial charge on any atom is 0.271 e. The van der Waals surface area contributed by atoms with E-state index in [0.29, 0.717) is 17.5 Å². The molecule has 0 radical (unpaired) electrons. The molecule has 8 nitrogen and oxygen atoms in total. The summed E-state index contributed by atoms with van der Waals surface area (Å²) in [6.07, 6.45) is 1.74. The SMILES string of the molecule is C=CCn1c(SC(C)C(=O)Nc2cc([N+](=O)[O-])ccc2Cl)nnc1-c1cccc(C)c1. The lowest BCUT2D eigenvalue weighted by atomic mass is 10.1. The topological polar surface area (TPSA) is 103 Å². The fourth-order valence-electron chi connectivity index (χ4n) is 2.84. The summed E-state index contributed by atoms with van der Waals surface area (Å²) in [7, 11) is 0. The van der Waals surface area contributed by atoms with Gasteiger partial charge in [0.15, 0.2) is 11.0 Å². The number of non-ortho nitro benzene ring substituents is 1. The molecule has 3 aromatic rings. The minimum absolute atomic E-state index is 0.159. The number of nitro groups is 1. The van der Waals surface area contributed by atoms with Crippen LogP contribution in [0, 0.1) is 17.0 Å². The molecule has 2 aromatic carbocycles. The van der Waals surface area contributed by atoms with Gasteiger partial charge in [0, 0.05) is 24.2 Å². The Bertz CT molecular complexity index is 1150. The maximum atomic E-state index is 12.7. The zero-order valence-corrected chi connectivity index (χ0v) is 18.5. The monoisotopic (exact) mass is 457 g/mol. The van der Waals surface area contributed by atoms with E-state index in [1.165, 1.54) is 30.0 Å². The Kier molecular flexibility index (Phi) is 7.09. The van der Waals surface area contributed by atoms with Gasteiger partial charge < -0.3 is 5.32 Å². The van der Waals surface area contributed by atoms with Crippen molar-refractivity contribution in [1.29, 1.82) is 0 Å².